The summed E-state index contributed by atoms with van der Waals surface area (Å²) in [7, 11) is 3.29. The number of amides is 3. The summed E-state index contributed by atoms with van der Waals surface area (Å²) in [6, 6.07) is 10.0. The van der Waals surface area contributed by atoms with E-state index in [-0.39, 0.29) is 23.6 Å². The van der Waals surface area contributed by atoms with Crippen LogP contribution in [0.15, 0.2) is 41.8 Å². The number of hydrogen-bond donors (Lipinski definition) is 2. The fourth-order valence-electron chi connectivity index (χ4n) is 2.63. The van der Waals surface area contributed by atoms with Crippen molar-refractivity contribution in [1.29, 1.82) is 0 Å². The molecule has 0 spiro atoms. The highest BCUT2D eigenvalue weighted by Crippen LogP contribution is 2.13. The molecule has 1 aromatic heterocycles. The number of thiophene rings is 1. The zero-order valence-corrected chi connectivity index (χ0v) is 16.8. The summed E-state index contributed by atoms with van der Waals surface area (Å²) in [4.78, 5) is 39.0. The molecule has 1 atom stereocenters. The number of nitrogens with zero attached hydrogens (tertiary/aromatic N) is 1. The van der Waals surface area contributed by atoms with Crippen molar-refractivity contribution in [2.24, 2.45) is 5.92 Å². The Bertz CT molecular complexity index is 785. The molecule has 0 unspecified atom stereocenters. The Morgan fingerprint density at radius 2 is 1.74 bits per heavy atom. The van der Waals surface area contributed by atoms with E-state index < -0.39 is 6.04 Å². The van der Waals surface area contributed by atoms with Crippen molar-refractivity contribution in [3.05, 3.63) is 57.8 Å². The maximum Gasteiger partial charge on any atom is 0.262 e. The smallest absolute Gasteiger partial charge is 0.262 e. The predicted octanol–water partition coefficient (Wildman–Crippen LogP) is 2.52. The van der Waals surface area contributed by atoms with Crippen LogP contribution in [0.2, 0.25) is 0 Å². The van der Waals surface area contributed by atoms with Crippen molar-refractivity contribution in [2.45, 2.75) is 26.4 Å². The first-order valence-corrected chi connectivity index (χ1v) is 9.61. The molecular weight excluding hydrogens is 362 g/mol. The van der Waals surface area contributed by atoms with Gasteiger partial charge in [0.25, 0.3) is 11.8 Å². The van der Waals surface area contributed by atoms with Crippen LogP contribution in [-0.2, 0) is 11.3 Å². The molecule has 7 heteroatoms. The van der Waals surface area contributed by atoms with Gasteiger partial charge in [-0.25, -0.2) is 0 Å². The van der Waals surface area contributed by atoms with Crippen LogP contribution in [0.4, 0.5) is 0 Å². The van der Waals surface area contributed by atoms with Crippen molar-refractivity contribution in [1.82, 2.24) is 15.5 Å². The number of carbonyl (C=O) groups is 3. The first-order valence-electron chi connectivity index (χ1n) is 8.73. The molecule has 0 saturated carbocycles. The molecule has 1 aromatic carbocycles. The molecule has 2 rings (SSSR count). The molecule has 3 amide bonds. The monoisotopic (exact) mass is 387 g/mol. The number of benzene rings is 1. The standard InChI is InChI=1S/C20H25N3O3S/c1-13(2)17(22-19(25)16-6-5-11-27-16)20(26)23(4)12-14-7-9-15(10-8-14)18(24)21-3/h5-11,13,17H,12H2,1-4H3,(H,21,24)(H,22,25)/t17-/m1/s1. The molecule has 0 radical (unpaired) electrons. The number of likely N-dealkylation sites (N-methyl/N-ethyl adjacent to an activating group) is 1. The number of rotatable bonds is 7. The minimum absolute atomic E-state index is 0.0421. The van der Waals surface area contributed by atoms with Gasteiger partial charge in [0.15, 0.2) is 0 Å². The quantitative estimate of drug-likeness (QED) is 0.766. The Hall–Kier alpha value is -2.67. The average Bonchev–Trinajstić information content (AvgIpc) is 3.20. The van der Waals surface area contributed by atoms with Crippen LogP contribution in [0.1, 0.15) is 39.4 Å². The maximum absolute atomic E-state index is 12.9. The molecule has 0 aliphatic carbocycles. The van der Waals surface area contributed by atoms with Gasteiger partial charge in [-0.3, -0.25) is 14.4 Å². The highest BCUT2D eigenvalue weighted by atomic mass is 32.1. The summed E-state index contributed by atoms with van der Waals surface area (Å²) in [5, 5.41) is 7.25. The first kappa shape index (κ1) is 20.6. The molecule has 1 heterocycles. The van der Waals surface area contributed by atoms with Crippen molar-refractivity contribution in [3.63, 3.8) is 0 Å². The fourth-order valence-corrected chi connectivity index (χ4v) is 3.26. The van der Waals surface area contributed by atoms with Gasteiger partial charge in [-0.15, -0.1) is 11.3 Å². The van der Waals surface area contributed by atoms with Crippen LogP contribution < -0.4 is 10.6 Å². The van der Waals surface area contributed by atoms with Crippen LogP contribution in [-0.4, -0.2) is 42.8 Å². The van der Waals surface area contributed by atoms with Gasteiger partial charge < -0.3 is 15.5 Å². The topological polar surface area (TPSA) is 78.5 Å². The summed E-state index contributed by atoms with van der Waals surface area (Å²) in [5.41, 5.74) is 1.48. The van der Waals surface area contributed by atoms with E-state index in [1.165, 1.54) is 11.3 Å². The van der Waals surface area contributed by atoms with E-state index >= 15 is 0 Å². The van der Waals surface area contributed by atoms with Crippen molar-refractivity contribution in [3.8, 4) is 0 Å². The van der Waals surface area contributed by atoms with Gasteiger partial charge in [0.05, 0.1) is 4.88 Å². The summed E-state index contributed by atoms with van der Waals surface area (Å²) in [5.74, 6) is -0.577. The third-order valence-electron chi connectivity index (χ3n) is 4.20. The van der Waals surface area contributed by atoms with Gasteiger partial charge >= 0.3 is 0 Å². The Morgan fingerprint density at radius 3 is 2.26 bits per heavy atom. The van der Waals surface area contributed by atoms with Gasteiger partial charge in [-0.2, -0.15) is 0 Å². The second-order valence-corrected chi connectivity index (χ2v) is 7.59. The lowest BCUT2D eigenvalue weighted by molar-refractivity contribution is -0.133. The summed E-state index contributed by atoms with van der Waals surface area (Å²) >= 11 is 1.34. The molecule has 0 fully saturated rings. The minimum atomic E-state index is -0.602. The second kappa shape index (κ2) is 9.32. The zero-order chi connectivity index (χ0) is 20.0. The molecule has 27 heavy (non-hydrogen) atoms. The summed E-state index contributed by atoms with van der Waals surface area (Å²) < 4.78 is 0. The van der Waals surface area contributed by atoms with Crippen molar-refractivity contribution < 1.29 is 14.4 Å². The van der Waals surface area contributed by atoms with Crippen LogP contribution in [0, 0.1) is 5.92 Å². The van der Waals surface area contributed by atoms with E-state index in [0.29, 0.717) is 17.0 Å². The molecule has 0 aliphatic heterocycles. The van der Waals surface area contributed by atoms with Gasteiger partial charge in [0.2, 0.25) is 5.91 Å². The zero-order valence-electron chi connectivity index (χ0n) is 16.0. The normalized spacial score (nSPS) is 11.7. The van der Waals surface area contributed by atoms with Crippen molar-refractivity contribution in [2.75, 3.05) is 14.1 Å². The number of nitrogens with one attached hydrogen (secondary N) is 2. The molecule has 2 aromatic rings. The van der Waals surface area contributed by atoms with Gasteiger partial charge in [-0.1, -0.05) is 32.0 Å². The fraction of sp³-hybridized carbons (Fsp3) is 0.350. The maximum atomic E-state index is 12.9. The molecule has 0 bridgehead atoms. The van der Waals surface area contributed by atoms with Gasteiger partial charge in [0.1, 0.15) is 6.04 Å². The lowest BCUT2D eigenvalue weighted by atomic mass is 10.0. The Kier molecular flexibility index (Phi) is 7.12. The third-order valence-corrected chi connectivity index (χ3v) is 5.07. The highest BCUT2D eigenvalue weighted by molar-refractivity contribution is 7.12. The lowest BCUT2D eigenvalue weighted by Crippen LogP contribution is -2.49. The average molecular weight is 388 g/mol. The first-order chi connectivity index (χ1) is 12.8. The van der Waals surface area contributed by atoms with Crippen molar-refractivity contribution >= 4 is 29.1 Å². The van der Waals surface area contributed by atoms with E-state index in [0.717, 1.165) is 5.56 Å². The van der Waals surface area contributed by atoms with Crippen LogP contribution >= 0.6 is 11.3 Å². The van der Waals surface area contributed by atoms with Crippen LogP contribution in [0.3, 0.4) is 0 Å². The molecular formula is C20H25N3O3S. The van der Waals surface area contributed by atoms with E-state index in [2.05, 4.69) is 10.6 Å². The van der Waals surface area contributed by atoms with Gasteiger partial charge in [-0.05, 0) is 35.1 Å². The van der Waals surface area contributed by atoms with E-state index in [4.69, 9.17) is 0 Å². The summed E-state index contributed by atoms with van der Waals surface area (Å²) in [6.07, 6.45) is 0. The van der Waals surface area contributed by atoms with E-state index in [1.54, 1.807) is 43.3 Å². The lowest BCUT2D eigenvalue weighted by Gasteiger charge is -2.27. The van der Waals surface area contributed by atoms with E-state index in [1.807, 2.05) is 31.4 Å². The molecule has 2 N–H and O–H groups in total. The molecule has 0 saturated heterocycles. The third kappa shape index (κ3) is 5.40. The highest BCUT2D eigenvalue weighted by Gasteiger charge is 2.27. The Morgan fingerprint density at radius 1 is 1.07 bits per heavy atom. The largest absolute Gasteiger partial charge is 0.355 e. The predicted molar refractivity (Wildman–Crippen MR) is 107 cm³/mol. The van der Waals surface area contributed by atoms with Crippen LogP contribution in [0.5, 0.6) is 0 Å². The van der Waals surface area contributed by atoms with Gasteiger partial charge in [0, 0.05) is 26.2 Å². The number of hydrogen-bond acceptors (Lipinski definition) is 4. The minimum Gasteiger partial charge on any atom is -0.355 e. The summed E-state index contributed by atoms with van der Waals surface area (Å²) in [6.45, 7) is 4.21. The molecule has 144 valence electrons. The Labute approximate surface area is 163 Å². The van der Waals surface area contributed by atoms with E-state index in [9.17, 15) is 14.4 Å². The SMILES string of the molecule is CNC(=O)c1ccc(CN(C)C(=O)[C@H](NC(=O)c2cccs2)C(C)C)cc1. The second-order valence-electron chi connectivity index (χ2n) is 6.64. The molecule has 0 aliphatic rings. The number of carbonyl (C=O) groups excluding carboxylic acids is 3. The van der Waals surface area contributed by atoms with Crippen LogP contribution in [0.25, 0.3) is 0 Å². The molecule has 6 nitrogen and oxygen atoms in total. The Balaban J connectivity index is 2.04.